The molecule has 3 rings (SSSR count). The molecular formula is C16H13NO2. The highest BCUT2D eigenvalue weighted by Gasteiger charge is 2.22. The summed E-state index contributed by atoms with van der Waals surface area (Å²) in [7, 11) is 0. The average molecular weight is 251 g/mol. The molecule has 0 unspecified atom stereocenters. The smallest absolute Gasteiger partial charge is 0.258 e. The number of hydrogen-bond acceptors (Lipinski definition) is 2. The van der Waals surface area contributed by atoms with E-state index in [1.165, 1.54) is 0 Å². The zero-order chi connectivity index (χ0) is 13.4. The van der Waals surface area contributed by atoms with E-state index in [1.54, 1.807) is 0 Å². The van der Waals surface area contributed by atoms with Crippen molar-refractivity contribution in [3.63, 3.8) is 0 Å². The molecule has 0 bridgehead atoms. The Morgan fingerprint density at radius 1 is 1.00 bits per heavy atom. The van der Waals surface area contributed by atoms with Gasteiger partial charge >= 0.3 is 0 Å². The van der Waals surface area contributed by atoms with Gasteiger partial charge in [-0.15, -0.1) is 0 Å². The standard InChI is InChI=1S/C16H13NO2/c1-10-4-2-3-5-13(10)11-6-7-12-9-15(18)17-16(19)14(12)8-11/h2-8H,9H2,1H3,(H,17,18,19). The van der Waals surface area contributed by atoms with Gasteiger partial charge in [0.05, 0.1) is 6.42 Å². The lowest BCUT2D eigenvalue weighted by Crippen LogP contribution is -2.37. The minimum atomic E-state index is -0.304. The predicted molar refractivity (Wildman–Crippen MR) is 72.8 cm³/mol. The fourth-order valence-electron chi connectivity index (χ4n) is 2.42. The number of nitrogens with one attached hydrogen (secondary N) is 1. The number of rotatable bonds is 1. The molecule has 1 N–H and O–H groups in total. The van der Waals surface area contributed by atoms with Gasteiger partial charge in [0.2, 0.25) is 5.91 Å². The van der Waals surface area contributed by atoms with Crippen molar-refractivity contribution in [2.75, 3.05) is 0 Å². The van der Waals surface area contributed by atoms with Crippen molar-refractivity contribution in [2.45, 2.75) is 13.3 Å². The Hall–Kier alpha value is -2.42. The third-order valence-corrected chi connectivity index (χ3v) is 3.41. The first-order chi connectivity index (χ1) is 9.15. The number of amides is 2. The van der Waals surface area contributed by atoms with Crippen LogP contribution in [0.3, 0.4) is 0 Å². The van der Waals surface area contributed by atoms with Crippen LogP contribution in [0.1, 0.15) is 21.5 Å². The van der Waals surface area contributed by atoms with Crippen LogP contribution < -0.4 is 5.32 Å². The van der Waals surface area contributed by atoms with Gasteiger partial charge < -0.3 is 0 Å². The zero-order valence-corrected chi connectivity index (χ0v) is 10.6. The Bertz CT molecular complexity index is 689. The van der Waals surface area contributed by atoms with Crippen molar-refractivity contribution in [2.24, 2.45) is 0 Å². The number of benzene rings is 2. The van der Waals surface area contributed by atoms with Gasteiger partial charge in [-0.3, -0.25) is 14.9 Å². The molecule has 2 aromatic rings. The van der Waals surface area contributed by atoms with Gasteiger partial charge in [0, 0.05) is 5.56 Å². The van der Waals surface area contributed by atoms with E-state index in [0.29, 0.717) is 5.56 Å². The van der Waals surface area contributed by atoms with Crippen LogP contribution in [-0.4, -0.2) is 11.8 Å². The highest BCUT2D eigenvalue weighted by molar-refractivity contribution is 6.10. The molecule has 0 atom stereocenters. The highest BCUT2D eigenvalue weighted by Crippen LogP contribution is 2.26. The molecular weight excluding hydrogens is 238 g/mol. The lowest BCUT2D eigenvalue weighted by Gasteiger charge is -2.16. The van der Waals surface area contributed by atoms with Gasteiger partial charge in [0.15, 0.2) is 0 Å². The SMILES string of the molecule is Cc1ccccc1-c1ccc2c(c1)C(=O)NC(=O)C2. The van der Waals surface area contributed by atoms with Gasteiger partial charge in [-0.2, -0.15) is 0 Å². The summed E-state index contributed by atoms with van der Waals surface area (Å²) in [4.78, 5) is 23.1. The van der Waals surface area contributed by atoms with Gasteiger partial charge in [-0.05, 0) is 35.2 Å². The maximum Gasteiger partial charge on any atom is 0.258 e. The van der Waals surface area contributed by atoms with E-state index in [-0.39, 0.29) is 18.2 Å². The first kappa shape index (κ1) is 11.7. The third-order valence-electron chi connectivity index (χ3n) is 3.41. The monoisotopic (exact) mass is 251 g/mol. The lowest BCUT2D eigenvalue weighted by molar-refractivity contribution is -0.119. The second-order valence-electron chi connectivity index (χ2n) is 4.74. The highest BCUT2D eigenvalue weighted by atomic mass is 16.2. The summed E-state index contributed by atoms with van der Waals surface area (Å²) in [6, 6.07) is 13.7. The topological polar surface area (TPSA) is 46.2 Å². The largest absolute Gasteiger partial charge is 0.292 e. The van der Waals surface area contributed by atoms with E-state index in [0.717, 1.165) is 22.3 Å². The fourth-order valence-corrected chi connectivity index (χ4v) is 2.42. The van der Waals surface area contributed by atoms with Crippen LogP contribution in [0.2, 0.25) is 0 Å². The van der Waals surface area contributed by atoms with Crippen LogP contribution in [-0.2, 0) is 11.2 Å². The van der Waals surface area contributed by atoms with Gasteiger partial charge in [-0.25, -0.2) is 0 Å². The van der Waals surface area contributed by atoms with Crippen molar-refractivity contribution >= 4 is 11.8 Å². The Kier molecular flexibility index (Phi) is 2.67. The molecule has 19 heavy (non-hydrogen) atoms. The fraction of sp³-hybridized carbons (Fsp3) is 0.125. The van der Waals surface area contributed by atoms with Crippen LogP contribution in [0.25, 0.3) is 11.1 Å². The molecule has 0 radical (unpaired) electrons. The van der Waals surface area contributed by atoms with E-state index in [2.05, 4.69) is 5.32 Å². The Morgan fingerprint density at radius 3 is 2.58 bits per heavy atom. The molecule has 2 amide bonds. The molecule has 1 aliphatic rings. The summed E-state index contributed by atoms with van der Waals surface area (Å²) in [5.41, 5.74) is 4.66. The average Bonchev–Trinajstić information content (AvgIpc) is 2.39. The number of imide groups is 1. The minimum Gasteiger partial charge on any atom is -0.292 e. The van der Waals surface area contributed by atoms with Crippen LogP contribution >= 0.6 is 0 Å². The van der Waals surface area contributed by atoms with Crippen LogP contribution in [0, 0.1) is 6.92 Å². The Balaban J connectivity index is 2.12. The molecule has 0 fully saturated rings. The molecule has 3 heteroatoms. The summed E-state index contributed by atoms with van der Waals surface area (Å²) in [5.74, 6) is -0.539. The van der Waals surface area contributed by atoms with E-state index in [9.17, 15) is 9.59 Å². The molecule has 2 aromatic carbocycles. The Labute approximate surface area is 111 Å². The van der Waals surface area contributed by atoms with Gasteiger partial charge in [0.25, 0.3) is 5.91 Å². The number of hydrogen-bond donors (Lipinski definition) is 1. The maximum atomic E-state index is 11.8. The van der Waals surface area contributed by atoms with Gasteiger partial charge in [-0.1, -0.05) is 36.4 Å². The van der Waals surface area contributed by atoms with Crippen molar-refractivity contribution in [3.05, 3.63) is 59.2 Å². The van der Waals surface area contributed by atoms with E-state index >= 15 is 0 Å². The van der Waals surface area contributed by atoms with E-state index in [1.807, 2.05) is 49.4 Å². The Morgan fingerprint density at radius 2 is 1.79 bits per heavy atom. The lowest BCUT2D eigenvalue weighted by atomic mass is 9.93. The number of fused-ring (bicyclic) bond motifs is 1. The minimum absolute atomic E-state index is 0.235. The first-order valence-corrected chi connectivity index (χ1v) is 6.18. The van der Waals surface area contributed by atoms with Crippen LogP contribution in [0.15, 0.2) is 42.5 Å². The van der Waals surface area contributed by atoms with Crippen molar-refractivity contribution in [1.82, 2.24) is 5.32 Å². The van der Waals surface area contributed by atoms with E-state index in [4.69, 9.17) is 0 Å². The summed E-state index contributed by atoms with van der Waals surface area (Å²) in [5, 5.41) is 2.35. The first-order valence-electron chi connectivity index (χ1n) is 6.18. The van der Waals surface area contributed by atoms with Gasteiger partial charge in [0.1, 0.15) is 0 Å². The normalized spacial score (nSPS) is 13.9. The molecule has 0 spiro atoms. The van der Waals surface area contributed by atoms with Crippen LogP contribution in [0.4, 0.5) is 0 Å². The van der Waals surface area contributed by atoms with E-state index < -0.39 is 0 Å². The molecule has 94 valence electrons. The predicted octanol–water partition coefficient (Wildman–Crippen LogP) is 2.47. The van der Waals surface area contributed by atoms with Crippen molar-refractivity contribution < 1.29 is 9.59 Å². The summed E-state index contributed by atoms with van der Waals surface area (Å²) in [6.45, 7) is 2.04. The molecule has 3 nitrogen and oxygen atoms in total. The number of aryl methyl sites for hydroxylation is 1. The molecule has 0 aromatic heterocycles. The summed E-state index contributed by atoms with van der Waals surface area (Å²) >= 11 is 0. The maximum absolute atomic E-state index is 11.8. The second-order valence-corrected chi connectivity index (χ2v) is 4.74. The molecule has 0 aliphatic carbocycles. The number of carbonyl (C=O) groups is 2. The molecule has 1 heterocycles. The molecule has 0 saturated carbocycles. The van der Waals surface area contributed by atoms with Crippen LogP contribution in [0.5, 0.6) is 0 Å². The summed E-state index contributed by atoms with van der Waals surface area (Å²) < 4.78 is 0. The number of carbonyl (C=O) groups excluding carboxylic acids is 2. The molecule has 0 saturated heterocycles. The quantitative estimate of drug-likeness (QED) is 0.791. The zero-order valence-electron chi connectivity index (χ0n) is 10.6. The van der Waals surface area contributed by atoms with Crippen molar-refractivity contribution in [3.8, 4) is 11.1 Å². The molecule has 1 aliphatic heterocycles. The summed E-state index contributed by atoms with van der Waals surface area (Å²) in [6.07, 6.45) is 0.273. The van der Waals surface area contributed by atoms with Crippen molar-refractivity contribution in [1.29, 1.82) is 0 Å². The second kappa shape index (κ2) is 4.35. The third kappa shape index (κ3) is 2.03.